The topological polar surface area (TPSA) is 15.9 Å². The van der Waals surface area contributed by atoms with Gasteiger partial charge >= 0.3 is 0 Å². The molecule has 66 valence electrons. The van der Waals surface area contributed by atoms with Gasteiger partial charge in [0.2, 0.25) is 5.69 Å². The van der Waals surface area contributed by atoms with Crippen LogP contribution in [-0.4, -0.2) is 7.05 Å². The lowest BCUT2D eigenvalue weighted by molar-refractivity contribution is -0.684. The largest absolute Gasteiger partial charge is 0.383 e. The molecule has 2 heteroatoms. The van der Waals surface area contributed by atoms with Gasteiger partial charge in [0.05, 0.1) is 0 Å². The molecule has 0 aromatic carbocycles. The number of anilines is 1. The molecule has 0 aliphatic carbocycles. The third kappa shape index (κ3) is 1.42. The molecule has 2 nitrogen and oxygen atoms in total. The van der Waals surface area contributed by atoms with E-state index in [1.54, 1.807) is 0 Å². The Morgan fingerprint density at radius 3 is 2.58 bits per heavy atom. The Morgan fingerprint density at radius 2 is 2.08 bits per heavy atom. The van der Waals surface area contributed by atoms with Crippen molar-refractivity contribution in [2.45, 2.75) is 20.3 Å². The number of pyridine rings is 1. The molecule has 1 heterocycles. The van der Waals surface area contributed by atoms with Crippen LogP contribution in [-0.2, 0) is 13.5 Å². The summed E-state index contributed by atoms with van der Waals surface area (Å²) in [5.74, 6) is 0. The van der Waals surface area contributed by atoms with E-state index in [1.807, 2.05) is 7.05 Å². The lowest BCUT2D eigenvalue weighted by atomic mass is 10.2. The molecular formula is C10H17N2+. The van der Waals surface area contributed by atoms with Gasteiger partial charge in [0, 0.05) is 26.5 Å². The van der Waals surface area contributed by atoms with Crippen molar-refractivity contribution in [2.24, 2.45) is 7.05 Å². The number of nitrogens with one attached hydrogen (secondary N) is 1. The zero-order valence-electron chi connectivity index (χ0n) is 8.31. The third-order valence-corrected chi connectivity index (χ3v) is 2.40. The monoisotopic (exact) mass is 165 g/mol. The highest BCUT2D eigenvalue weighted by Gasteiger charge is 2.10. The fourth-order valence-electron chi connectivity index (χ4n) is 1.43. The van der Waals surface area contributed by atoms with Gasteiger partial charge in [-0.15, -0.1) is 0 Å². The predicted molar refractivity (Wildman–Crippen MR) is 51.3 cm³/mol. The highest BCUT2D eigenvalue weighted by molar-refractivity contribution is 5.44. The van der Waals surface area contributed by atoms with Gasteiger partial charge in [-0.2, -0.15) is 0 Å². The molecule has 0 aliphatic rings. The lowest BCUT2D eigenvalue weighted by Gasteiger charge is -2.05. The molecule has 0 unspecified atom stereocenters. The van der Waals surface area contributed by atoms with E-state index in [2.05, 4.69) is 42.9 Å². The van der Waals surface area contributed by atoms with Gasteiger partial charge in [-0.05, 0) is 6.07 Å². The summed E-state index contributed by atoms with van der Waals surface area (Å²) < 4.78 is 2.23. The van der Waals surface area contributed by atoms with E-state index in [4.69, 9.17) is 0 Å². The second kappa shape index (κ2) is 3.57. The predicted octanol–water partition coefficient (Wildman–Crippen LogP) is 1.42. The second-order valence-corrected chi connectivity index (χ2v) is 2.99. The van der Waals surface area contributed by atoms with Crippen LogP contribution < -0.4 is 9.88 Å². The standard InChI is InChI=1S/C10H17N2/c1-5-9-6-7-10(11-3)8(2)12(9)4/h6-7,11H,5H2,1-4H3/q+1. The van der Waals surface area contributed by atoms with Crippen molar-refractivity contribution < 1.29 is 4.57 Å². The van der Waals surface area contributed by atoms with Crippen molar-refractivity contribution in [1.29, 1.82) is 0 Å². The summed E-state index contributed by atoms with van der Waals surface area (Å²) in [5, 5.41) is 3.17. The Bertz CT molecular complexity index is 250. The minimum absolute atomic E-state index is 1.08. The van der Waals surface area contributed by atoms with E-state index in [0.717, 1.165) is 6.42 Å². The number of hydrogen-bond acceptors (Lipinski definition) is 1. The Morgan fingerprint density at radius 1 is 1.42 bits per heavy atom. The molecule has 0 amide bonds. The minimum atomic E-state index is 1.08. The Balaban J connectivity index is 3.20. The summed E-state index contributed by atoms with van der Waals surface area (Å²) in [5.41, 5.74) is 3.86. The molecule has 0 atom stereocenters. The summed E-state index contributed by atoms with van der Waals surface area (Å²) in [6, 6.07) is 4.30. The highest BCUT2D eigenvalue weighted by Crippen LogP contribution is 2.09. The number of aromatic nitrogens is 1. The molecule has 0 spiro atoms. The lowest BCUT2D eigenvalue weighted by Crippen LogP contribution is -2.37. The third-order valence-electron chi connectivity index (χ3n) is 2.40. The Hall–Kier alpha value is -1.05. The van der Waals surface area contributed by atoms with E-state index in [9.17, 15) is 0 Å². The van der Waals surface area contributed by atoms with E-state index >= 15 is 0 Å². The molecule has 0 radical (unpaired) electrons. The van der Waals surface area contributed by atoms with E-state index in [1.165, 1.54) is 17.1 Å². The number of rotatable bonds is 2. The smallest absolute Gasteiger partial charge is 0.201 e. The number of aryl methyl sites for hydroxylation is 1. The van der Waals surface area contributed by atoms with Crippen LogP contribution in [0.5, 0.6) is 0 Å². The zero-order chi connectivity index (χ0) is 9.14. The Labute approximate surface area is 74.2 Å². The molecule has 1 N–H and O–H groups in total. The first-order chi connectivity index (χ1) is 5.70. The van der Waals surface area contributed by atoms with Crippen LogP contribution in [0.2, 0.25) is 0 Å². The molecule has 0 saturated heterocycles. The fraction of sp³-hybridized carbons (Fsp3) is 0.500. The summed E-state index contributed by atoms with van der Waals surface area (Å²) >= 11 is 0. The SMILES string of the molecule is CCc1ccc(NC)c(C)[n+]1C. The van der Waals surface area contributed by atoms with Crippen LogP contribution in [0.25, 0.3) is 0 Å². The Kier molecular flexibility index (Phi) is 2.69. The van der Waals surface area contributed by atoms with E-state index < -0.39 is 0 Å². The van der Waals surface area contributed by atoms with Crippen LogP contribution in [0.3, 0.4) is 0 Å². The maximum Gasteiger partial charge on any atom is 0.201 e. The molecule has 12 heavy (non-hydrogen) atoms. The minimum Gasteiger partial charge on any atom is -0.383 e. The van der Waals surface area contributed by atoms with Crippen molar-refractivity contribution in [1.82, 2.24) is 0 Å². The summed E-state index contributed by atoms with van der Waals surface area (Å²) in [7, 11) is 4.06. The average molecular weight is 165 g/mol. The summed E-state index contributed by atoms with van der Waals surface area (Å²) in [6.07, 6.45) is 1.08. The van der Waals surface area contributed by atoms with Gasteiger partial charge in [-0.25, -0.2) is 4.57 Å². The van der Waals surface area contributed by atoms with E-state index in [-0.39, 0.29) is 0 Å². The zero-order valence-corrected chi connectivity index (χ0v) is 8.31. The summed E-state index contributed by atoms with van der Waals surface area (Å²) in [4.78, 5) is 0. The van der Waals surface area contributed by atoms with Crippen molar-refractivity contribution in [3.8, 4) is 0 Å². The molecule has 0 saturated carbocycles. The molecular weight excluding hydrogens is 148 g/mol. The molecule has 1 rings (SSSR count). The van der Waals surface area contributed by atoms with Gasteiger partial charge in [0.15, 0.2) is 5.69 Å². The molecule has 1 aromatic heterocycles. The second-order valence-electron chi connectivity index (χ2n) is 2.99. The first-order valence-electron chi connectivity index (χ1n) is 4.37. The number of nitrogens with zero attached hydrogens (tertiary/aromatic N) is 1. The molecule has 0 fully saturated rings. The van der Waals surface area contributed by atoms with Crippen molar-refractivity contribution >= 4 is 5.69 Å². The van der Waals surface area contributed by atoms with Gasteiger partial charge in [0.25, 0.3) is 0 Å². The van der Waals surface area contributed by atoms with Crippen LogP contribution in [0.1, 0.15) is 18.3 Å². The first kappa shape index (κ1) is 9.04. The molecule has 0 bridgehead atoms. The summed E-state index contributed by atoms with van der Waals surface area (Å²) in [6.45, 7) is 4.30. The maximum atomic E-state index is 3.17. The maximum absolute atomic E-state index is 3.17. The van der Waals surface area contributed by atoms with Crippen molar-refractivity contribution in [3.05, 3.63) is 23.5 Å². The fourth-order valence-corrected chi connectivity index (χ4v) is 1.43. The van der Waals surface area contributed by atoms with Gasteiger partial charge < -0.3 is 5.32 Å². The number of hydrogen-bond donors (Lipinski definition) is 1. The van der Waals surface area contributed by atoms with Gasteiger partial charge in [-0.1, -0.05) is 6.92 Å². The molecule has 0 aliphatic heterocycles. The molecule has 1 aromatic rings. The van der Waals surface area contributed by atoms with Crippen LogP contribution in [0.4, 0.5) is 5.69 Å². The van der Waals surface area contributed by atoms with Crippen LogP contribution in [0.15, 0.2) is 12.1 Å². The van der Waals surface area contributed by atoms with Crippen molar-refractivity contribution in [2.75, 3.05) is 12.4 Å². The first-order valence-corrected chi connectivity index (χ1v) is 4.37. The average Bonchev–Trinajstić information content (AvgIpc) is 2.10. The van der Waals surface area contributed by atoms with Gasteiger partial charge in [0.1, 0.15) is 12.7 Å². The quantitative estimate of drug-likeness (QED) is 0.655. The van der Waals surface area contributed by atoms with Gasteiger partial charge in [-0.3, -0.25) is 0 Å². The normalized spacial score (nSPS) is 10.0. The van der Waals surface area contributed by atoms with Crippen LogP contribution >= 0.6 is 0 Å². The van der Waals surface area contributed by atoms with E-state index in [0.29, 0.717) is 0 Å². The highest BCUT2D eigenvalue weighted by atomic mass is 15.0. The van der Waals surface area contributed by atoms with Crippen LogP contribution in [0, 0.1) is 6.92 Å². The van der Waals surface area contributed by atoms with Crippen molar-refractivity contribution in [3.63, 3.8) is 0 Å².